The lowest BCUT2D eigenvalue weighted by Crippen LogP contribution is -2.12. The Bertz CT molecular complexity index is 1110. The van der Waals surface area contributed by atoms with Crippen LogP contribution in [0.3, 0.4) is 0 Å². The van der Waals surface area contributed by atoms with Crippen LogP contribution in [0.15, 0.2) is 47.4 Å². The molecule has 0 bridgehead atoms. The van der Waals surface area contributed by atoms with E-state index in [-0.39, 0.29) is 11.6 Å². The number of nitrogens with one attached hydrogen (secondary N) is 1. The van der Waals surface area contributed by atoms with E-state index >= 15 is 0 Å². The number of anilines is 1. The Kier molecular flexibility index (Phi) is 5.13. The molecule has 134 valence electrons. The Labute approximate surface area is 171 Å². The minimum atomic E-state index is -0.355. The molecule has 0 aliphatic rings. The lowest BCUT2D eigenvalue weighted by atomic mass is 10.2. The zero-order valence-corrected chi connectivity index (χ0v) is 16.5. The van der Waals surface area contributed by atoms with Crippen LogP contribution in [0.1, 0.15) is 10.5 Å². The third-order valence-corrected chi connectivity index (χ3v) is 5.58. The average molecular weight is 434 g/mol. The van der Waals surface area contributed by atoms with Crippen molar-refractivity contribution in [2.24, 2.45) is 0 Å². The van der Waals surface area contributed by atoms with Crippen LogP contribution in [-0.4, -0.2) is 25.8 Å². The predicted molar refractivity (Wildman–Crippen MR) is 109 cm³/mol. The minimum Gasteiger partial charge on any atom is -0.296 e. The first kappa shape index (κ1) is 18.0. The van der Waals surface area contributed by atoms with Crippen molar-refractivity contribution >= 4 is 56.9 Å². The molecular weight excluding hydrogens is 425 g/mol. The Morgan fingerprint density at radius 2 is 1.85 bits per heavy atom. The highest BCUT2D eigenvalue weighted by Gasteiger charge is 2.16. The first-order chi connectivity index (χ1) is 13.1. The van der Waals surface area contributed by atoms with E-state index in [0.29, 0.717) is 37.3 Å². The number of hydrogen-bond donors (Lipinski definition) is 1. The lowest BCUT2D eigenvalue weighted by Gasteiger charge is -2.01. The molecule has 0 fully saturated rings. The standard InChI is InChI=1S/C17H9Cl2N5OS2/c18-9-2-3-11(19)10(6-9)12-7-27-17(23-12)24-15(25)13-8-26-16(22-13)14-20-4-1-5-21-14/h1-8H,(H,23,24,25). The van der Waals surface area contributed by atoms with Gasteiger partial charge in [-0.05, 0) is 24.3 Å². The van der Waals surface area contributed by atoms with E-state index in [0.717, 1.165) is 0 Å². The van der Waals surface area contributed by atoms with Gasteiger partial charge in [0.25, 0.3) is 5.91 Å². The largest absolute Gasteiger partial charge is 0.296 e. The molecule has 27 heavy (non-hydrogen) atoms. The topological polar surface area (TPSA) is 80.7 Å². The molecule has 0 aliphatic heterocycles. The van der Waals surface area contributed by atoms with E-state index < -0.39 is 0 Å². The quantitative estimate of drug-likeness (QED) is 0.473. The van der Waals surface area contributed by atoms with Gasteiger partial charge in [0.05, 0.1) is 10.7 Å². The summed E-state index contributed by atoms with van der Waals surface area (Å²) >= 11 is 14.8. The summed E-state index contributed by atoms with van der Waals surface area (Å²) in [6, 6.07) is 6.87. The minimum absolute atomic E-state index is 0.278. The van der Waals surface area contributed by atoms with Crippen molar-refractivity contribution in [3.8, 4) is 22.1 Å². The van der Waals surface area contributed by atoms with Gasteiger partial charge in [-0.15, -0.1) is 22.7 Å². The highest BCUT2D eigenvalue weighted by Crippen LogP contribution is 2.32. The Hall–Kier alpha value is -2.39. The number of carbonyl (C=O) groups is 1. The molecule has 0 unspecified atom stereocenters. The first-order valence-electron chi connectivity index (χ1n) is 7.55. The highest BCUT2D eigenvalue weighted by atomic mass is 35.5. The van der Waals surface area contributed by atoms with Gasteiger partial charge < -0.3 is 0 Å². The van der Waals surface area contributed by atoms with Gasteiger partial charge >= 0.3 is 0 Å². The number of hydrogen-bond acceptors (Lipinski definition) is 7. The maximum absolute atomic E-state index is 12.4. The molecular formula is C17H9Cl2N5OS2. The molecule has 0 atom stereocenters. The predicted octanol–water partition coefficient (Wildman–Crippen LogP) is 5.28. The van der Waals surface area contributed by atoms with E-state index in [9.17, 15) is 4.79 Å². The van der Waals surface area contributed by atoms with Gasteiger partial charge in [-0.3, -0.25) is 10.1 Å². The molecule has 6 nitrogen and oxygen atoms in total. The summed E-state index contributed by atoms with van der Waals surface area (Å²) in [5.41, 5.74) is 1.62. The normalized spacial score (nSPS) is 10.7. The molecule has 1 N–H and O–H groups in total. The Morgan fingerprint density at radius 1 is 1.04 bits per heavy atom. The molecule has 1 aromatic carbocycles. The van der Waals surface area contributed by atoms with Crippen LogP contribution in [0.25, 0.3) is 22.1 Å². The fraction of sp³-hybridized carbons (Fsp3) is 0. The fourth-order valence-electron chi connectivity index (χ4n) is 2.20. The number of benzene rings is 1. The van der Waals surface area contributed by atoms with E-state index in [1.807, 2.05) is 0 Å². The summed E-state index contributed by atoms with van der Waals surface area (Å²) in [5, 5.41) is 8.32. The van der Waals surface area contributed by atoms with E-state index in [1.165, 1.54) is 22.7 Å². The molecule has 0 spiro atoms. The second-order valence-corrected chi connectivity index (χ2v) is 7.79. The van der Waals surface area contributed by atoms with Crippen molar-refractivity contribution in [2.75, 3.05) is 5.32 Å². The highest BCUT2D eigenvalue weighted by molar-refractivity contribution is 7.14. The van der Waals surface area contributed by atoms with Crippen molar-refractivity contribution in [1.82, 2.24) is 19.9 Å². The number of nitrogens with zero attached hydrogens (tertiary/aromatic N) is 4. The van der Waals surface area contributed by atoms with Crippen LogP contribution in [0.2, 0.25) is 10.0 Å². The molecule has 0 radical (unpaired) electrons. The molecule has 4 aromatic rings. The summed E-state index contributed by atoms with van der Waals surface area (Å²) in [4.78, 5) is 29.4. The van der Waals surface area contributed by atoms with Crippen LogP contribution >= 0.6 is 45.9 Å². The third kappa shape index (κ3) is 3.98. The molecule has 3 aromatic heterocycles. The maximum Gasteiger partial charge on any atom is 0.276 e. The number of aromatic nitrogens is 4. The van der Waals surface area contributed by atoms with Gasteiger partial charge in [-0.1, -0.05) is 23.2 Å². The summed E-state index contributed by atoms with van der Waals surface area (Å²) in [6.45, 7) is 0. The second kappa shape index (κ2) is 7.69. The number of carbonyl (C=O) groups excluding carboxylic acids is 1. The van der Waals surface area contributed by atoms with Gasteiger partial charge in [0, 0.05) is 33.7 Å². The third-order valence-electron chi connectivity index (χ3n) is 3.42. The maximum atomic E-state index is 12.4. The summed E-state index contributed by atoms with van der Waals surface area (Å²) < 4.78 is 0. The van der Waals surface area contributed by atoms with Gasteiger partial charge in [0.15, 0.2) is 16.0 Å². The molecule has 0 saturated carbocycles. The summed E-state index contributed by atoms with van der Waals surface area (Å²) in [7, 11) is 0. The van der Waals surface area contributed by atoms with Crippen molar-refractivity contribution in [3.05, 3.63) is 63.2 Å². The number of thiazole rings is 2. The van der Waals surface area contributed by atoms with Crippen LogP contribution in [-0.2, 0) is 0 Å². The van der Waals surface area contributed by atoms with E-state index in [2.05, 4.69) is 25.3 Å². The van der Waals surface area contributed by atoms with Crippen LogP contribution in [0.5, 0.6) is 0 Å². The zero-order chi connectivity index (χ0) is 18.8. The van der Waals surface area contributed by atoms with Crippen molar-refractivity contribution in [1.29, 1.82) is 0 Å². The SMILES string of the molecule is O=C(Nc1nc(-c2cc(Cl)ccc2Cl)cs1)c1csc(-c2ncccn2)n1. The van der Waals surface area contributed by atoms with Gasteiger partial charge in [0.1, 0.15) is 5.69 Å². The van der Waals surface area contributed by atoms with Crippen molar-refractivity contribution in [3.63, 3.8) is 0 Å². The van der Waals surface area contributed by atoms with Crippen molar-refractivity contribution in [2.45, 2.75) is 0 Å². The van der Waals surface area contributed by atoms with Crippen LogP contribution < -0.4 is 5.32 Å². The summed E-state index contributed by atoms with van der Waals surface area (Å²) in [6.07, 6.45) is 3.25. The molecule has 3 heterocycles. The Morgan fingerprint density at radius 3 is 2.67 bits per heavy atom. The smallest absolute Gasteiger partial charge is 0.276 e. The van der Waals surface area contributed by atoms with Crippen molar-refractivity contribution < 1.29 is 4.79 Å². The first-order valence-corrected chi connectivity index (χ1v) is 10.1. The number of amides is 1. The van der Waals surface area contributed by atoms with E-state index in [1.54, 1.807) is 47.4 Å². The molecule has 4 rings (SSSR count). The van der Waals surface area contributed by atoms with Gasteiger partial charge in [0.2, 0.25) is 0 Å². The number of rotatable bonds is 4. The van der Waals surface area contributed by atoms with Gasteiger partial charge in [-0.25, -0.2) is 19.9 Å². The lowest BCUT2D eigenvalue weighted by molar-refractivity contribution is 0.102. The fourth-order valence-corrected chi connectivity index (χ4v) is 4.04. The van der Waals surface area contributed by atoms with Crippen LogP contribution in [0.4, 0.5) is 5.13 Å². The zero-order valence-electron chi connectivity index (χ0n) is 13.4. The second-order valence-electron chi connectivity index (χ2n) is 5.23. The van der Waals surface area contributed by atoms with E-state index in [4.69, 9.17) is 23.2 Å². The summed E-state index contributed by atoms with van der Waals surface area (Å²) in [5.74, 6) is 0.125. The Balaban J connectivity index is 1.52. The molecule has 1 amide bonds. The molecule has 0 aliphatic carbocycles. The van der Waals surface area contributed by atoms with Crippen LogP contribution in [0, 0.1) is 0 Å². The molecule has 10 heteroatoms. The average Bonchev–Trinajstić information content (AvgIpc) is 3.34. The monoisotopic (exact) mass is 433 g/mol. The number of halogens is 2. The molecule has 0 saturated heterocycles. The van der Waals surface area contributed by atoms with Gasteiger partial charge in [-0.2, -0.15) is 0 Å².